The van der Waals surface area contributed by atoms with Gasteiger partial charge in [0.05, 0.1) is 12.5 Å². The summed E-state index contributed by atoms with van der Waals surface area (Å²) in [7, 11) is 0. The SMILES string of the molecule is CCN(CCC#N)C(=O)C1CCCO1. The Morgan fingerprint density at radius 3 is 3.00 bits per heavy atom. The first kappa shape index (κ1) is 11.0. The van der Waals surface area contributed by atoms with Crippen molar-refractivity contribution in [1.82, 2.24) is 4.90 Å². The number of amides is 1. The molecule has 4 nitrogen and oxygen atoms in total. The predicted octanol–water partition coefficient (Wildman–Crippen LogP) is 0.928. The van der Waals surface area contributed by atoms with Crippen LogP contribution in [-0.2, 0) is 9.53 Å². The van der Waals surface area contributed by atoms with Crippen molar-refractivity contribution in [2.24, 2.45) is 0 Å². The highest BCUT2D eigenvalue weighted by molar-refractivity contribution is 5.81. The van der Waals surface area contributed by atoms with Gasteiger partial charge in [-0.15, -0.1) is 0 Å². The maximum absolute atomic E-state index is 11.8. The highest BCUT2D eigenvalue weighted by Crippen LogP contribution is 2.14. The molecule has 78 valence electrons. The van der Waals surface area contributed by atoms with Crippen LogP contribution in [0.25, 0.3) is 0 Å². The molecule has 1 aliphatic heterocycles. The highest BCUT2D eigenvalue weighted by atomic mass is 16.5. The molecule has 1 atom stereocenters. The predicted molar refractivity (Wildman–Crippen MR) is 51.5 cm³/mol. The van der Waals surface area contributed by atoms with Crippen molar-refractivity contribution < 1.29 is 9.53 Å². The van der Waals surface area contributed by atoms with Gasteiger partial charge in [-0.1, -0.05) is 0 Å². The van der Waals surface area contributed by atoms with Gasteiger partial charge in [0.15, 0.2) is 0 Å². The fourth-order valence-corrected chi connectivity index (χ4v) is 1.59. The minimum absolute atomic E-state index is 0.0419. The van der Waals surface area contributed by atoms with E-state index in [2.05, 4.69) is 0 Å². The lowest BCUT2D eigenvalue weighted by Gasteiger charge is -2.22. The second-order valence-electron chi connectivity index (χ2n) is 3.33. The fourth-order valence-electron chi connectivity index (χ4n) is 1.59. The average Bonchev–Trinajstić information content (AvgIpc) is 2.71. The van der Waals surface area contributed by atoms with E-state index < -0.39 is 0 Å². The lowest BCUT2D eigenvalue weighted by molar-refractivity contribution is -0.140. The van der Waals surface area contributed by atoms with E-state index in [4.69, 9.17) is 10.00 Å². The number of ether oxygens (including phenoxy) is 1. The Morgan fingerprint density at radius 1 is 1.71 bits per heavy atom. The fraction of sp³-hybridized carbons (Fsp3) is 0.800. The van der Waals surface area contributed by atoms with Gasteiger partial charge >= 0.3 is 0 Å². The first-order valence-electron chi connectivity index (χ1n) is 5.07. The Hall–Kier alpha value is -1.08. The number of rotatable bonds is 4. The van der Waals surface area contributed by atoms with Crippen LogP contribution in [-0.4, -0.2) is 36.6 Å². The van der Waals surface area contributed by atoms with E-state index >= 15 is 0 Å². The molecule has 1 unspecified atom stereocenters. The van der Waals surface area contributed by atoms with Crippen LogP contribution >= 0.6 is 0 Å². The van der Waals surface area contributed by atoms with Crippen molar-refractivity contribution >= 4 is 5.91 Å². The molecular weight excluding hydrogens is 180 g/mol. The number of likely N-dealkylation sites (N-methyl/N-ethyl adjacent to an activating group) is 1. The maximum atomic E-state index is 11.8. The quantitative estimate of drug-likeness (QED) is 0.672. The summed E-state index contributed by atoms with van der Waals surface area (Å²) in [6, 6.07) is 2.04. The molecule has 0 saturated carbocycles. The Bertz CT molecular complexity index is 229. The van der Waals surface area contributed by atoms with Gasteiger partial charge in [-0.05, 0) is 19.8 Å². The van der Waals surface area contributed by atoms with Crippen LogP contribution in [0.15, 0.2) is 0 Å². The molecule has 1 aliphatic rings. The number of hydrogen-bond donors (Lipinski definition) is 0. The number of carbonyl (C=O) groups excluding carboxylic acids is 1. The van der Waals surface area contributed by atoms with E-state index in [1.165, 1.54) is 0 Å². The molecule has 0 radical (unpaired) electrons. The van der Waals surface area contributed by atoms with Gasteiger partial charge in [-0.3, -0.25) is 4.79 Å². The third-order valence-corrected chi connectivity index (χ3v) is 2.39. The summed E-state index contributed by atoms with van der Waals surface area (Å²) in [4.78, 5) is 13.5. The van der Waals surface area contributed by atoms with Crippen molar-refractivity contribution in [2.45, 2.75) is 32.3 Å². The first-order chi connectivity index (χ1) is 6.79. The topological polar surface area (TPSA) is 53.3 Å². The zero-order valence-electron chi connectivity index (χ0n) is 8.53. The van der Waals surface area contributed by atoms with Gasteiger partial charge < -0.3 is 9.64 Å². The zero-order valence-corrected chi connectivity index (χ0v) is 8.53. The maximum Gasteiger partial charge on any atom is 0.251 e. The van der Waals surface area contributed by atoms with Gasteiger partial charge in [0, 0.05) is 19.7 Å². The Labute approximate surface area is 84.4 Å². The summed E-state index contributed by atoms with van der Waals surface area (Å²) in [6.45, 7) is 3.78. The number of nitriles is 1. The van der Waals surface area contributed by atoms with Gasteiger partial charge in [0.25, 0.3) is 5.91 Å². The molecule has 0 spiro atoms. The molecule has 1 fully saturated rings. The summed E-state index contributed by atoms with van der Waals surface area (Å²) in [5, 5.41) is 8.44. The normalized spacial score (nSPS) is 20.4. The Morgan fingerprint density at radius 2 is 2.50 bits per heavy atom. The standard InChI is InChI=1S/C10H16N2O2/c1-2-12(7-4-6-11)10(13)9-5-3-8-14-9/h9H,2-5,7-8H2,1H3. The highest BCUT2D eigenvalue weighted by Gasteiger charge is 2.26. The van der Waals surface area contributed by atoms with E-state index in [1.807, 2.05) is 13.0 Å². The molecule has 0 aromatic carbocycles. The van der Waals surface area contributed by atoms with Crippen LogP contribution in [0.2, 0.25) is 0 Å². The minimum atomic E-state index is -0.256. The summed E-state index contributed by atoms with van der Waals surface area (Å²) in [6.07, 6.45) is 1.93. The van der Waals surface area contributed by atoms with Crippen LogP contribution in [0.5, 0.6) is 0 Å². The molecule has 1 saturated heterocycles. The molecule has 1 rings (SSSR count). The van der Waals surface area contributed by atoms with Crippen LogP contribution in [0.3, 0.4) is 0 Å². The molecule has 0 aromatic rings. The van der Waals surface area contributed by atoms with Crippen LogP contribution < -0.4 is 0 Å². The molecule has 14 heavy (non-hydrogen) atoms. The van der Waals surface area contributed by atoms with Crippen LogP contribution in [0.4, 0.5) is 0 Å². The molecule has 4 heteroatoms. The van der Waals surface area contributed by atoms with E-state index in [9.17, 15) is 4.79 Å². The Balaban J connectivity index is 2.42. The molecule has 0 aliphatic carbocycles. The van der Waals surface area contributed by atoms with Crippen LogP contribution in [0, 0.1) is 11.3 Å². The average molecular weight is 196 g/mol. The third-order valence-electron chi connectivity index (χ3n) is 2.39. The molecule has 0 N–H and O–H groups in total. The summed E-state index contributed by atoms with van der Waals surface area (Å²) < 4.78 is 5.30. The molecule has 0 bridgehead atoms. The molecule has 1 heterocycles. The van der Waals surface area contributed by atoms with Gasteiger partial charge in [0.2, 0.25) is 0 Å². The van der Waals surface area contributed by atoms with Crippen molar-refractivity contribution in [1.29, 1.82) is 5.26 Å². The number of hydrogen-bond acceptors (Lipinski definition) is 3. The second-order valence-corrected chi connectivity index (χ2v) is 3.33. The van der Waals surface area contributed by atoms with E-state index in [-0.39, 0.29) is 12.0 Å². The third kappa shape index (κ3) is 2.71. The van der Waals surface area contributed by atoms with Gasteiger partial charge in [-0.2, -0.15) is 5.26 Å². The molecular formula is C10H16N2O2. The molecule has 0 aromatic heterocycles. The van der Waals surface area contributed by atoms with Crippen molar-refractivity contribution in [3.05, 3.63) is 0 Å². The van der Waals surface area contributed by atoms with Crippen molar-refractivity contribution in [3.63, 3.8) is 0 Å². The van der Waals surface area contributed by atoms with Gasteiger partial charge in [-0.25, -0.2) is 0 Å². The number of nitrogens with zero attached hydrogens (tertiary/aromatic N) is 2. The summed E-state index contributed by atoms with van der Waals surface area (Å²) in [5.74, 6) is 0.0419. The Kier molecular flexibility index (Phi) is 4.41. The van der Waals surface area contributed by atoms with E-state index in [1.54, 1.807) is 4.90 Å². The second kappa shape index (κ2) is 5.61. The first-order valence-corrected chi connectivity index (χ1v) is 5.07. The summed E-state index contributed by atoms with van der Waals surface area (Å²) >= 11 is 0. The smallest absolute Gasteiger partial charge is 0.251 e. The lowest BCUT2D eigenvalue weighted by atomic mass is 10.2. The number of carbonyl (C=O) groups is 1. The monoisotopic (exact) mass is 196 g/mol. The van der Waals surface area contributed by atoms with E-state index in [0.717, 1.165) is 12.8 Å². The van der Waals surface area contributed by atoms with Crippen molar-refractivity contribution in [2.75, 3.05) is 19.7 Å². The lowest BCUT2D eigenvalue weighted by Crippen LogP contribution is -2.39. The minimum Gasteiger partial charge on any atom is -0.368 e. The van der Waals surface area contributed by atoms with E-state index in [0.29, 0.717) is 26.1 Å². The largest absolute Gasteiger partial charge is 0.368 e. The van der Waals surface area contributed by atoms with Crippen molar-refractivity contribution in [3.8, 4) is 6.07 Å². The molecule has 1 amide bonds. The zero-order chi connectivity index (χ0) is 10.4. The van der Waals surface area contributed by atoms with Gasteiger partial charge in [0.1, 0.15) is 6.10 Å². The van der Waals surface area contributed by atoms with Crippen LogP contribution in [0.1, 0.15) is 26.2 Å². The summed E-state index contributed by atoms with van der Waals surface area (Å²) in [5.41, 5.74) is 0.